The Morgan fingerprint density at radius 1 is 1.35 bits per heavy atom. The van der Waals surface area contributed by atoms with Crippen LogP contribution in [0.4, 0.5) is 0 Å². The van der Waals surface area contributed by atoms with Gasteiger partial charge in [-0.25, -0.2) is 0 Å². The fourth-order valence-corrected chi connectivity index (χ4v) is 1.76. The fraction of sp³-hybridized carbons (Fsp3) is 0.500. The van der Waals surface area contributed by atoms with Crippen LogP contribution in [0.2, 0.25) is 0 Å². The van der Waals surface area contributed by atoms with Gasteiger partial charge < -0.3 is 9.84 Å². The SMILES string of the molecule is CCCC(C)(COCc1ccccc1)C(=O)O. The zero-order chi connectivity index (χ0) is 12.7. The summed E-state index contributed by atoms with van der Waals surface area (Å²) in [5.41, 5.74) is 0.292. The average Bonchev–Trinajstić information content (AvgIpc) is 2.30. The summed E-state index contributed by atoms with van der Waals surface area (Å²) in [6.07, 6.45) is 1.48. The highest BCUT2D eigenvalue weighted by atomic mass is 16.5. The summed E-state index contributed by atoms with van der Waals surface area (Å²) in [7, 11) is 0. The van der Waals surface area contributed by atoms with Crippen LogP contribution in [0.5, 0.6) is 0 Å². The quantitative estimate of drug-likeness (QED) is 0.791. The summed E-state index contributed by atoms with van der Waals surface area (Å²) in [5.74, 6) is -0.785. The number of rotatable bonds is 7. The molecule has 0 aliphatic heterocycles. The van der Waals surface area contributed by atoms with Crippen LogP contribution in [0, 0.1) is 5.41 Å². The minimum atomic E-state index is -0.785. The Bertz CT molecular complexity index is 348. The summed E-state index contributed by atoms with van der Waals surface area (Å²) in [6.45, 7) is 4.45. The topological polar surface area (TPSA) is 46.5 Å². The van der Waals surface area contributed by atoms with E-state index in [1.165, 1.54) is 0 Å². The van der Waals surface area contributed by atoms with Crippen molar-refractivity contribution in [3.8, 4) is 0 Å². The summed E-state index contributed by atoms with van der Waals surface area (Å²) in [5, 5.41) is 9.18. The number of carbonyl (C=O) groups is 1. The predicted octanol–water partition coefficient (Wildman–Crippen LogP) is 3.09. The van der Waals surface area contributed by atoms with Crippen LogP contribution in [-0.2, 0) is 16.1 Å². The predicted molar refractivity (Wildman–Crippen MR) is 66.7 cm³/mol. The van der Waals surface area contributed by atoms with E-state index in [-0.39, 0.29) is 6.61 Å². The lowest BCUT2D eigenvalue weighted by Crippen LogP contribution is -2.32. The molecule has 0 aromatic heterocycles. The molecular weight excluding hydrogens is 216 g/mol. The van der Waals surface area contributed by atoms with Crippen molar-refractivity contribution in [1.29, 1.82) is 0 Å². The van der Waals surface area contributed by atoms with E-state index in [1.807, 2.05) is 37.3 Å². The van der Waals surface area contributed by atoms with E-state index in [0.29, 0.717) is 13.0 Å². The molecule has 0 fully saturated rings. The molecule has 0 aliphatic carbocycles. The lowest BCUT2D eigenvalue weighted by molar-refractivity contribution is -0.152. The summed E-state index contributed by atoms with van der Waals surface area (Å²) >= 11 is 0. The van der Waals surface area contributed by atoms with Crippen molar-refractivity contribution in [1.82, 2.24) is 0 Å². The molecule has 1 atom stereocenters. The second-order valence-corrected chi connectivity index (χ2v) is 4.59. The molecule has 0 saturated carbocycles. The van der Waals surface area contributed by atoms with Gasteiger partial charge in [0.1, 0.15) is 0 Å². The van der Waals surface area contributed by atoms with Crippen LogP contribution in [0.15, 0.2) is 30.3 Å². The van der Waals surface area contributed by atoms with Gasteiger partial charge in [-0.3, -0.25) is 4.79 Å². The van der Waals surface area contributed by atoms with E-state index >= 15 is 0 Å². The Labute approximate surface area is 102 Å². The highest BCUT2D eigenvalue weighted by Crippen LogP contribution is 2.24. The van der Waals surface area contributed by atoms with Crippen LogP contribution in [-0.4, -0.2) is 17.7 Å². The molecule has 1 N–H and O–H groups in total. The molecule has 3 nitrogen and oxygen atoms in total. The van der Waals surface area contributed by atoms with Crippen molar-refractivity contribution in [2.45, 2.75) is 33.3 Å². The summed E-state index contributed by atoms with van der Waals surface area (Å²) in [4.78, 5) is 11.2. The number of ether oxygens (including phenoxy) is 1. The normalized spacial score (nSPS) is 14.2. The standard InChI is InChI=1S/C14H20O3/c1-3-9-14(2,13(15)16)11-17-10-12-7-5-4-6-8-12/h4-8H,3,9-11H2,1-2H3,(H,15,16). The van der Waals surface area contributed by atoms with Crippen LogP contribution in [0.25, 0.3) is 0 Å². The lowest BCUT2D eigenvalue weighted by atomic mass is 9.87. The number of hydrogen-bond acceptors (Lipinski definition) is 2. The van der Waals surface area contributed by atoms with Gasteiger partial charge in [-0.2, -0.15) is 0 Å². The molecule has 3 heteroatoms. The van der Waals surface area contributed by atoms with Crippen molar-refractivity contribution in [3.63, 3.8) is 0 Å². The third-order valence-electron chi connectivity index (χ3n) is 2.85. The Morgan fingerprint density at radius 2 is 2.00 bits per heavy atom. The van der Waals surface area contributed by atoms with E-state index in [2.05, 4.69) is 0 Å². The molecule has 0 spiro atoms. The molecule has 0 saturated heterocycles. The maximum atomic E-state index is 11.2. The van der Waals surface area contributed by atoms with E-state index in [0.717, 1.165) is 12.0 Å². The van der Waals surface area contributed by atoms with Gasteiger partial charge in [-0.15, -0.1) is 0 Å². The van der Waals surface area contributed by atoms with Gasteiger partial charge in [-0.1, -0.05) is 43.7 Å². The number of hydrogen-bond donors (Lipinski definition) is 1. The highest BCUT2D eigenvalue weighted by Gasteiger charge is 2.32. The number of carboxylic acid groups (broad SMARTS) is 1. The number of benzene rings is 1. The average molecular weight is 236 g/mol. The van der Waals surface area contributed by atoms with Crippen LogP contribution >= 0.6 is 0 Å². The Kier molecular flexibility index (Phi) is 5.16. The maximum Gasteiger partial charge on any atom is 0.311 e. The summed E-state index contributed by atoms with van der Waals surface area (Å²) < 4.78 is 5.52. The minimum absolute atomic E-state index is 0.255. The van der Waals surface area contributed by atoms with Crippen LogP contribution in [0.3, 0.4) is 0 Å². The number of aliphatic carboxylic acids is 1. The molecule has 0 bridgehead atoms. The van der Waals surface area contributed by atoms with Crippen LogP contribution in [0.1, 0.15) is 32.3 Å². The van der Waals surface area contributed by atoms with Gasteiger partial charge >= 0.3 is 5.97 Å². The van der Waals surface area contributed by atoms with E-state index in [1.54, 1.807) is 6.92 Å². The first-order valence-electron chi connectivity index (χ1n) is 5.93. The van der Waals surface area contributed by atoms with Gasteiger partial charge in [0.2, 0.25) is 0 Å². The first kappa shape index (κ1) is 13.7. The van der Waals surface area contributed by atoms with E-state index in [4.69, 9.17) is 4.74 Å². The first-order chi connectivity index (χ1) is 8.08. The van der Waals surface area contributed by atoms with Crippen LogP contribution < -0.4 is 0 Å². The molecule has 1 rings (SSSR count). The molecule has 1 aromatic carbocycles. The monoisotopic (exact) mass is 236 g/mol. The van der Waals surface area contributed by atoms with E-state index in [9.17, 15) is 9.90 Å². The zero-order valence-electron chi connectivity index (χ0n) is 10.5. The highest BCUT2D eigenvalue weighted by molar-refractivity contribution is 5.74. The zero-order valence-corrected chi connectivity index (χ0v) is 10.5. The fourth-order valence-electron chi connectivity index (χ4n) is 1.76. The van der Waals surface area contributed by atoms with Gasteiger partial charge in [0.05, 0.1) is 18.6 Å². The van der Waals surface area contributed by atoms with E-state index < -0.39 is 11.4 Å². The van der Waals surface area contributed by atoms with Crippen molar-refractivity contribution < 1.29 is 14.6 Å². The Morgan fingerprint density at radius 3 is 2.53 bits per heavy atom. The molecule has 0 radical (unpaired) electrons. The van der Waals surface area contributed by atoms with Gasteiger partial charge in [-0.05, 0) is 18.9 Å². The molecule has 94 valence electrons. The second kappa shape index (κ2) is 6.40. The van der Waals surface area contributed by atoms with Crippen molar-refractivity contribution >= 4 is 5.97 Å². The molecular formula is C14H20O3. The van der Waals surface area contributed by atoms with Crippen molar-refractivity contribution in [2.24, 2.45) is 5.41 Å². The van der Waals surface area contributed by atoms with Gasteiger partial charge in [0, 0.05) is 0 Å². The second-order valence-electron chi connectivity index (χ2n) is 4.59. The minimum Gasteiger partial charge on any atom is -0.481 e. The molecule has 0 amide bonds. The van der Waals surface area contributed by atoms with Gasteiger partial charge in [0.25, 0.3) is 0 Å². The molecule has 0 heterocycles. The first-order valence-corrected chi connectivity index (χ1v) is 5.93. The Hall–Kier alpha value is -1.35. The molecule has 17 heavy (non-hydrogen) atoms. The third kappa shape index (κ3) is 4.19. The summed E-state index contributed by atoms with van der Waals surface area (Å²) in [6, 6.07) is 9.78. The molecule has 1 unspecified atom stereocenters. The smallest absolute Gasteiger partial charge is 0.311 e. The van der Waals surface area contributed by atoms with Crippen molar-refractivity contribution in [2.75, 3.05) is 6.61 Å². The lowest BCUT2D eigenvalue weighted by Gasteiger charge is -2.23. The number of carboxylic acids is 1. The third-order valence-corrected chi connectivity index (χ3v) is 2.85. The Balaban J connectivity index is 2.45. The largest absolute Gasteiger partial charge is 0.481 e. The van der Waals surface area contributed by atoms with Crippen molar-refractivity contribution in [3.05, 3.63) is 35.9 Å². The maximum absolute atomic E-state index is 11.2. The van der Waals surface area contributed by atoms with Gasteiger partial charge in [0.15, 0.2) is 0 Å². The molecule has 1 aromatic rings. The molecule has 0 aliphatic rings.